The number of carbonyl (C=O) groups excluding carboxylic acids is 2. The molecule has 154 valence electrons. The topological polar surface area (TPSA) is 79.5 Å². The summed E-state index contributed by atoms with van der Waals surface area (Å²) in [6, 6.07) is 13.3. The van der Waals surface area contributed by atoms with Crippen molar-refractivity contribution < 1.29 is 14.3 Å². The summed E-state index contributed by atoms with van der Waals surface area (Å²) >= 11 is 1.73. The number of anilines is 2. The van der Waals surface area contributed by atoms with Gasteiger partial charge in [0.25, 0.3) is 5.91 Å². The summed E-state index contributed by atoms with van der Waals surface area (Å²) in [4.78, 5) is 24.7. The van der Waals surface area contributed by atoms with Crippen LogP contribution in [0.15, 0.2) is 42.5 Å². The first-order chi connectivity index (χ1) is 14.1. The molecule has 29 heavy (non-hydrogen) atoms. The predicted molar refractivity (Wildman–Crippen MR) is 119 cm³/mol. The molecule has 1 aliphatic heterocycles. The van der Waals surface area contributed by atoms with E-state index in [1.807, 2.05) is 18.2 Å². The van der Waals surface area contributed by atoms with E-state index in [0.717, 1.165) is 17.9 Å². The molecule has 1 heterocycles. The Balaban J connectivity index is 1.55. The van der Waals surface area contributed by atoms with Gasteiger partial charge in [0, 0.05) is 37.3 Å². The summed E-state index contributed by atoms with van der Waals surface area (Å²) in [6.07, 6.45) is 0.757. The Hall–Kier alpha value is -2.51. The number of methoxy groups -OCH3 is 1. The Labute approximate surface area is 175 Å². The van der Waals surface area contributed by atoms with Crippen LogP contribution in [0.25, 0.3) is 0 Å². The molecule has 6 nitrogen and oxygen atoms in total. The van der Waals surface area contributed by atoms with Crippen molar-refractivity contribution in [2.24, 2.45) is 0 Å². The van der Waals surface area contributed by atoms with Gasteiger partial charge in [-0.3, -0.25) is 9.59 Å². The SMILES string of the molecule is COCCCNC(=O)c1ccc2c(c1)NC(=O)C(CSCc1ccccc1C)N2. The molecule has 0 spiro atoms. The number of nitrogens with one attached hydrogen (secondary N) is 3. The van der Waals surface area contributed by atoms with Crippen LogP contribution in [-0.4, -0.2) is 43.9 Å². The van der Waals surface area contributed by atoms with E-state index in [1.54, 1.807) is 31.0 Å². The normalized spacial score (nSPS) is 15.2. The third kappa shape index (κ3) is 5.74. The average molecular weight is 414 g/mol. The van der Waals surface area contributed by atoms with Crippen molar-refractivity contribution in [2.45, 2.75) is 25.1 Å². The van der Waals surface area contributed by atoms with Gasteiger partial charge in [0.15, 0.2) is 0 Å². The molecular formula is C22H27N3O3S. The van der Waals surface area contributed by atoms with Gasteiger partial charge in [-0.05, 0) is 42.7 Å². The van der Waals surface area contributed by atoms with E-state index in [-0.39, 0.29) is 17.9 Å². The standard InChI is InChI=1S/C22H27N3O3S/c1-15-6-3-4-7-17(15)13-29-14-20-22(27)25-19-12-16(8-9-18(19)24-20)21(26)23-10-5-11-28-2/h3-4,6-9,12,20,24H,5,10-11,13-14H2,1-2H3,(H,23,26)(H,25,27). The maximum atomic E-state index is 12.5. The van der Waals surface area contributed by atoms with Crippen LogP contribution in [0.2, 0.25) is 0 Å². The van der Waals surface area contributed by atoms with Crippen LogP contribution in [0.3, 0.4) is 0 Å². The summed E-state index contributed by atoms with van der Waals surface area (Å²) in [6.45, 7) is 3.26. The Kier molecular flexibility index (Phi) is 7.55. The summed E-state index contributed by atoms with van der Waals surface area (Å²) in [5.74, 6) is 1.30. The second kappa shape index (κ2) is 10.3. The number of carbonyl (C=O) groups is 2. The molecule has 1 atom stereocenters. The molecule has 1 unspecified atom stereocenters. The molecule has 0 radical (unpaired) electrons. The zero-order valence-corrected chi connectivity index (χ0v) is 17.6. The van der Waals surface area contributed by atoms with Crippen molar-refractivity contribution in [2.75, 3.05) is 36.6 Å². The van der Waals surface area contributed by atoms with Crippen LogP contribution in [0.5, 0.6) is 0 Å². The monoisotopic (exact) mass is 413 g/mol. The maximum absolute atomic E-state index is 12.5. The zero-order valence-electron chi connectivity index (χ0n) is 16.8. The molecular weight excluding hydrogens is 386 g/mol. The molecule has 0 saturated heterocycles. The number of thioether (sulfide) groups is 1. The van der Waals surface area contributed by atoms with Gasteiger partial charge < -0.3 is 20.7 Å². The number of rotatable bonds is 9. The van der Waals surface area contributed by atoms with Crippen LogP contribution in [-0.2, 0) is 15.3 Å². The minimum Gasteiger partial charge on any atom is -0.385 e. The average Bonchev–Trinajstić information content (AvgIpc) is 2.72. The van der Waals surface area contributed by atoms with Crippen molar-refractivity contribution in [3.63, 3.8) is 0 Å². The van der Waals surface area contributed by atoms with Crippen LogP contribution in [0.1, 0.15) is 27.9 Å². The van der Waals surface area contributed by atoms with Crippen molar-refractivity contribution >= 4 is 35.0 Å². The van der Waals surface area contributed by atoms with Gasteiger partial charge in [-0.2, -0.15) is 11.8 Å². The highest BCUT2D eigenvalue weighted by Gasteiger charge is 2.26. The Morgan fingerprint density at radius 3 is 2.83 bits per heavy atom. The van der Waals surface area contributed by atoms with E-state index in [2.05, 4.69) is 35.0 Å². The molecule has 0 aromatic heterocycles. The molecule has 2 amide bonds. The third-order valence-corrected chi connectivity index (χ3v) is 5.88. The van der Waals surface area contributed by atoms with Crippen LogP contribution < -0.4 is 16.0 Å². The molecule has 0 fully saturated rings. The largest absolute Gasteiger partial charge is 0.385 e. The molecule has 7 heteroatoms. The van der Waals surface area contributed by atoms with Crippen LogP contribution in [0.4, 0.5) is 11.4 Å². The second-order valence-electron chi connectivity index (χ2n) is 6.99. The third-order valence-electron chi connectivity index (χ3n) is 4.80. The number of amides is 2. The van der Waals surface area contributed by atoms with E-state index in [0.29, 0.717) is 30.2 Å². The van der Waals surface area contributed by atoms with E-state index in [1.165, 1.54) is 11.1 Å². The van der Waals surface area contributed by atoms with E-state index in [4.69, 9.17) is 4.74 Å². The summed E-state index contributed by atoms with van der Waals surface area (Å²) in [5, 5.41) is 9.07. The minimum atomic E-state index is -0.301. The van der Waals surface area contributed by atoms with Gasteiger partial charge in [0.1, 0.15) is 6.04 Å². The number of hydrogen-bond donors (Lipinski definition) is 3. The van der Waals surface area contributed by atoms with Crippen molar-refractivity contribution in [3.05, 3.63) is 59.2 Å². The number of fused-ring (bicyclic) bond motifs is 1. The summed E-state index contributed by atoms with van der Waals surface area (Å²) in [5.41, 5.74) is 4.55. The van der Waals surface area contributed by atoms with Gasteiger partial charge in [0.2, 0.25) is 5.91 Å². The number of aryl methyl sites for hydroxylation is 1. The fraction of sp³-hybridized carbons (Fsp3) is 0.364. The molecule has 3 N–H and O–H groups in total. The van der Waals surface area contributed by atoms with Gasteiger partial charge in [-0.1, -0.05) is 24.3 Å². The Bertz CT molecular complexity index is 872. The van der Waals surface area contributed by atoms with Crippen molar-refractivity contribution in [1.29, 1.82) is 0 Å². The molecule has 2 aromatic carbocycles. The first kappa shape index (κ1) is 21.2. The predicted octanol–water partition coefficient (Wildman–Crippen LogP) is 3.43. The number of benzene rings is 2. The highest BCUT2D eigenvalue weighted by atomic mass is 32.2. The lowest BCUT2D eigenvalue weighted by Gasteiger charge is -2.27. The fourth-order valence-electron chi connectivity index (χ4n) is 3.08. The maximum Gasteiger partial charge on any atom is 0.251 e. The van der Waals surface area contributed by atoms with Crippen molar-refractivity contribution in [1.82, 2.24) is 5.32 Å². The van der Waals surface area contributed by atoms with Gasteiger partial charge in [-0.15, -0.1) is 0 Å². The molecule has 0 saturated carbocycles. The first-order valence-electron chi connectivity index (χ1n) is 9.69. The second-order valence-corrected chi connectivity index (χ2v) is 8.02. The number of hydrogen-bond acceptors (Lipinski definition) is 5. The van der Waals surface area contributed by atoms with E-state index >= 15 is 0 Å². The van der Waals surface area contributed by atoms with E-state index < -0.39 is 0 Å². The summed E-state index contributed by atoms with van der Waals surface area (Å²) in [7, 11) is 1.63. The molecule has 0 aliphatic carbocycles. The Morgan fingerprint density at radius 2 is 2.03 bits per heavy atom. The smallest absolute Gasteiger partial charge is 0.251 e. The first-order valence-corrected chi connectivity index (χ1v) is 10.8. The van der Waals surface area contributed by atoms with Gasteiger partial charge in [-0.25, -0.2) is 0 Å². The highest BCUT2D eigenvalue weighted by molar-refractivity contribution is 7.98. The zero-order chi connectivity index (χ0) is 20.6. The van der Waals surface area contributed by atoms with Crippen LogP contribution in [0, 0.1) is 6.92 Å². The summed E-state index contributed by atoms with van der Waals surface area (Å²) < 4.78 is 4.98. The molecule has 2 aromatic rings. The highest BCUT2D eigenvalue weighted by Crippen LogP contribution is 2.29. The molecule has 0 bridgehead atoms. The molecule has 1 aliphatic rings. The van der Waals surface area contributed by atoms with Crippen molar-refractivity contribution in [3.8, 4) is 0 Å². The fourth-order valence-corrected chi connectivity index (χ4v) is 4.22. The minimum absolute atomic E-state index is 0.0764. The van der Waals surface area contributed by atoms with E-state index in [9.17, 15) is 9.59 Å². The lowest BCUT2D eigenvalue weighted by molar-refractivity contribution is -0.116. The quantitative estimate of drug-likeness (QED) is 0.549. The van der Waals surface area contributed by atoms with Gasteiger partial charge >= 0.3 is 0 Å². The molecule has 3 rings (SSSR count). The lowest BCUT2D eigenvalue weighted by Crippen LogP contribution is -2.40. The number of ether oxygens (including phenoxy) is 1. The van der Waals surface area contributed by atoms with Crippen LogP contribution >= 0.6 is 11.8 Å². The Morgan fingerprint density at radius 1 is 1.21 bits per heavy atom. The lowest BCUT2D eigenvalue weighted by atomic mass is 10.1. The van der Waals surface area contributed by atoms with Gasteiger partial charge in [0.05, 0.1) is 11.4 Å².